The second-order valence-corrected chi connectivity index (χ2v) is 6.84. The van der Waals surface area contributed by atoms with Gasteiger partial charge in [0.05, 0.1) is 26.0 Å². The number of hydrogen-bond acceptors (Lipinski definition) is 6. The van der Waals surface area contributed by atoms with Crippen LogP contribution in [0.4, 0.5) is 0 Å². The number of halogens is 1. The molecule has 0 saturated carbocycles. The number of benzene rings is 2. The van der Waals surface area contributed by atoms with Crippen LogP contribution in [0.2, 0.25) is 5.02 Å². The van der Waals surface area contributed by atoms with E-state index in [2.05, 4.69) is 4.98 Å². The summed E-state index contributed by atoms with van der Waals surface area (Å²) in [6.45, 7) is 0. The van der Waals surface area contributed by atoms with Gasteiger partial charge in [0.25, 0.3) is 5.56 Å². The summed E-state index contributed by atoms with van der Waals surface area (Å²) in [7, 11) is 3.05. The van der Waals surface area contributed by atoms with E-state index in [9.17, 15) is 9.90 Å². The summed E-state index contributed by atoms with van der Waals surface area (Å²) in [6.07, 6.45) is 0. The van der Waals surface area contributed by atoms with Crippen LogP contribution >= 0.6 is 23.4 Å². The molecular weight excluding hydrogens is 388 g/mol. The van der Waals surface area contributed by atoms with Crippen molar-refractivity contribution in [3.05, 3.63) is 69.5 Å². The SMILES string of the molecule is COc1ccc(OC)c(-n2c(SCc3ccccc3Cl)nc(O)cc2=O)c1. The quantitative estimate of drug-likeness (QED) is 0.496. The maximum atomic E-state index is 12.6. The van der Waals surface area contributed by atoms with Gasteiger partial charge < -0.3 is 14.6 Å². The molecular formula is C19H17ClN2O4S. The molecule has 8 heteroatoms. The molecule has 0 amide bonds. The zero-order chi connectivity index (χ0) is 19.4. The molecule has 0 radical (unpaired) electrons. The van der Waals surface area contributed by atoms with Crippen LogP contribution in [0.1, 0.15) is 5.56 Å². The van der Waals surface area contributed by atoms with Crippen molar-refractivity contribution in [3.63, 3.8) is 0 Å². The Balaban J connectivity index is 2.09. The Morgan fingerprint density at radius 2 is 1.93 bits per heavy atom. The number of rotatable bonds is 6. The molecule has 0 aliphatic carbocycles. The molecule has 0 bridgehead atoms. The predicted molar refractivity (Wildman–Crippen MR) is 106 cm³/mol. The molecule has 0 atom stereocenters. The Morgan fingerprint density at radius 1 is 1.15 bits per heavy atom. The molecule has 1 heterocycles. The predicted octanol–water partition coefficient (Wildman–Crippen LogP) is 3.90. The summed E-state index contributed by atoms with van der Waals surface area (Å²) in [4.78, 5) is 16.8. The summed E-state index contributed by atoms with van der Waals surface area (Å²) >= 11 is 7.49. The van der Waals surface area contributed by atoms with Crippen molar-refractivity contribution >= 4 is 23.4 Å². The van der Waals surface area contributed by atoms with Gasteiger partial charge in [-0.25, -0.2) is 0 Å². The molecule has 27 heavy (non-hydrogen) atoms. The van der Waals surface area contributed by atoms with E-state index in [1.807, 2.05) is 18.2 Å². The lowest BCUT2D eigenvalue weighted by molar-refractivity contribution is 0.399. The van der Waals surface area contributed by atoms with Crippen LogP contribution < -0.4 is 15.0 Å². The van der Waals surface area contributed by atoms with Crippen molar-refractivity contribution in [2.75, 3.05) is 14.2 Å². The molecule has 3 rings (SSSR count). The highest BCUT2D eigenvalue weighted by atomic mass is 35.5. The summed E-state index contributed by atoms with van der Waals surface area (Å²) in [5, 5.41) is 10.8. The van der Waals surface area contributed by atoms with Crippen LogP contribution in [0.25, 0.3) is 5.69 Å². The van der Waals surface area contributed by atoms with Crippen LogP contribution in [-0.4, -0.2) is 28.9 Å². The van der Waals surface area contributed by atoms with Gasteiger partial charge in [-0.15, -0.1) is 0 Å². The van der Waals surface area contributed by atoms with Gasteiger partial charge in [-0.05, 0) is 23.8 Å². The number of hydrogen-bond donors (Lipinski definition) is 1. The normalized spacial score (nSPS) is 10.6. The van der Waals surface area contributed by atoms with E-state index in [1.54, 1.807) is 24.3 Å². The zero-order valence-electron chi connectivity index (χ0n) is 14.7. The van der Waals surface area contributed by atoms with Crippen molar-refractivity contribution in [1.82, 2.24) is 9.55 Å². The minimum absolute atomic E-state index is 0.312. The highest BCUT2D eigenvalue weighted by Crippen LogP contribution is 2.32. The molecule has 0 saturated heterocycles. The maximum absolute atomic E-state index is 12.6. The first-order valence-electron chi connectivity index (χ1n) is 7.95. The van der Waals surface area contributed by atoms with Crippen LogP contribution in [0.3, 0.4) is 0 Å². The van der Waals surface area contributed by atoms with Crippen LogP contribution in [0.15, 0.2) is 58.5 Å². The van der Waals surface area contributed by atoms with Gasteiger partial charge in [0, 0.05) is 16.8 Å². The molecule has 0 spiro atoms. The molecule has 0 aliphatic heterocycles. The number of aromatic hydroxyl groups is 1. The fraction of sp³-hybridized carbons (Fsp3) is 0.158. The topological polar surface area (TPSA) is 73.6 Å². The first-order chi connectivity index (χ1) is 13.0. The van der Waals surface area contributed by atoms with Gasteiger partial charge >= 0.3 is 0 Å². The Bertz CT molecular complexity index is 1020. The monoisotopic (exact) mass is 404 g/mol. The smallest absolute Gasteiger partial charge is 0.262 e. The number of aromatic nitrogens is 2. The third kappa shape index (κ3) is 4.20. The van der Waals surface area contributed by atoms with Crippen LogP contribution in [-0.2, 0) is 5.75 Å². The van der Waals surface area contributed by atoms with E-state index >= 15 is 0 Å². The van der Waals surface area contributed by atoms with Gasteiger partial charge in [0.2, 0.25) is 5.88 Å². The van der Waals surface area contributed by atoms with E-state index in [0.29, 0.717) is 33.1 Å². The third-order valence-electron chi connectivity index (χ3n) is 3.82. The summed E-state index contributed by atoms with van der Waals surface area (Å²) in [5.74, 6) is 1.17. The second kappa shape index (κ2) is 8.37. The maximum Gasteiger partial charge on any atom is 0.262 e. The van der Waals surface area contributed by atoms with Crippen molar-refractivity contribution in [3.8, 4) is 23.1 Å². The summed E-state index contributed by atoms with van der Waals surface area (Å²) in [6, 6.07) is 13.6. The van der Waals surface area contributed by atoms with E-state index in [1.165, 1.54) is 30.5 Å². The summed E-state index contributed by atoms with van der Waals surface area (Å²) < 4.78 is 12.0. The van der Waals surface area contributed by atoms with Crippen LogP contribution in [0, 0.1) is 0 Å². The molecule has 0 fully saturated rings. The lowest BCUT2D eigenvalue weighted by Crippen LogP contribution is -2.21. The molecule has 2 aromatic carbocycles. The van der Waals surface area contributed by atoms with Crippen molar-refractivity contribution < 1.29 is 14.6 Å². The number of ether oxygens (including phenoxy) is 2. The molecule has 1 N–H and O–H groups in total. The zero-order valence-corrected chi connectivity index (χ0v) is 16.3. The molecule has 140 valence electrons. The van der Waals surface area contributed by atoms with Gasteiger partial charge in [-0.2, -0.15) is 4.98 Å². The standard InChI is InChI=1S/C19H17ClN2O4S/c1-25-13-7-8-16(26-2)15(9-13)22-18(24)10-17(23)21-19(22)27-11-12-5-3-4-6-14(12)20/h3-10,23H,11H2,1-2H3. The Hall–Kier alpha value is -2.64. The first-order valence-corrected chi connectivity index (χ1v) is 9.31. The van der Waals surface area contributed by atoms with E-state index in [4.69, 9.17) is 21.1 Å². The third-order valence-corrected chi connectivity index (χ3v) is 5.17. The molecule has 1 aromatic heterocycles. The van der Waals surface area contributed by atoms with Gasteiger partial charge in [0.15, 0.2) is 5.16 Å². The van der Waals surface area contributed by atoms with Gasteiger partial charge in [-0.1, -0.05) is 41.6 Å². The van der Waals surface area contributed by atoms with Crippen molar-refractivity contribution in [2.24, 2.45) is 0 Å². The van der Waals surface area contributed by atoms with Crippen molar-refractivity contribution in [2.45, 2.75) is 10.9 Å². The first kappa shape index (κ1) is 19.1. The van der Waals surface area contributed by atoms with Crippen LogP contribution in [0.5, 0.6) is 17.4 Å². The second-order valence-electron chi connectivity index (χ2n) is 5.49. The lowest BCUT2D eigenvalue weighted by Gasteiger charge is -2.16. The largest absolute Gasteiger partial charge is 0.497 e. The molecule has 6 nitrogen and oxygen atoms in total. The Labute approximate surface area is 165 Å². The fourth-order valence-corrected chi connectivity index (χ4v) is 3.79. The lowest BCUT2D eigenvalue weighted by atomic mass is 10.2. The fourth-order valence-electron chi connectivity index (χ4n) is 2.50. The van der Waals surface area contributed by atoms with E-state index < -0.39 is 5.56 Å². The Morgan fingerprint density at radius 3 is 2.63 bits per heavy atom. The van der Waals surface area contributed by atoms with Gasteiger partial charge in [0.1, 0.15) is 11.5 Å². The Kier molecular flexibility index (Phi) is 5.93. The van der Waals surface area contributed by atoms with E-state index in [0.717, 1.165) is 11.6 Å². The minimum atomic E-state index is -0.435. The summed E-state index contributed by atoms with van der Waals surface area (Å²) in [5.41, 5.74) is 0.928. The number of thioether (sulfide) groups is 1. The average Bonchev–Trinajstić information content (AvgIpc) is 2.66. The highest BCUT2D eigenvalue weighted by Gasteiger charge is 2.16. The van der Waals surface area contributed by atoms with Gasteiger partial charge in [-0.3, -0.25) is 9.36 Å². The van der Waals surface area contributed by atoms with E-state index in [-0.39, 0.29) is 5.88 Å². The highest BCUT2D eigenvalue weighted by molar-refractivity contribution is 7.98. The number of nitrogens with zero attached hydrogens (tertiary/aromatic N) is 2. The average molecular weight is 405 g/mol. The number of methoxy groups -OCH3 is 2. The molecule has 3 aromatic rings. The minimum Gasteiger partial charge on any atom is -0.497 e. The van der Waals surface area contributed by atoms with Crippen molar-refractivity contribution in [1.29, 1.82) is 0 Å². The molecule has 0 unspecified atom stereocenters. The molecule has 0 aliphatic rings.